The maximum Gasteiger partial charge on any atom is 0.219 e. The van der Waals surface area contributed by atoms with E-state index < -0.39 is 0 Å². The van der Waals surface area contributed by atoms with Gasteiger partial charge >= 0.3 is 0 Å². The minimum absolute atomic E-state index is 0.0571. The number of aromatic nitrogens is 1. The summed E-state index contributed by atoms with van der Waals surface area (Å²) in [6.07, 6.45) is 1.66. The third-order valence-electron chi connectivity index (χ3n) is 7.92. The van der Waals surface area contributed by atoms with Gasteiger partial charge in [0.25, 0.3) is 0 Å². The van der Waals surface area contributed by atoms with E-state index in [1.165, 1.54) is 17.0 Å². The molecule has 0 unspecified atom stereocenters. The van der Waals surface area contributed by atoms with Crippen molar-refractivity contribution < 1.29 is 19.0 Å². The van der Waals surface area contributed by atoms with Gasteiger partial charge in [-0.15, -0.1) is 0 Å². The number of aliphatic hydroxyl groups excluding tert-OH is 1. The lowest BCUT2D eigenvalue weighted by Gasteiger charge is -2.50. The van der Waals surface area contributed by atoms with Crippen LogP contribution in [0.1, 0.15) is 42.6 Å². The number of aliphatic hydroxyl groups is 1. The number of benzene rings is 2. The zero-order chi connectivity index (χ0) is 24.0. The molecule has 0 radical (unpaired) electrons. The number of amides is 1. The van der Waals surface area contributed by atoms with Crippen LogP contribution >= 0.6 is 0 Å². The summed E-state index contributed by atoms with van der Waals surface area (Å²) in [5, 5.41) is 11.7. The molecule has 6 nitrogen and oxygen atoms in total. The highest BCUT2D eigenvalue weighted by molar-refractivity contribution is 5.88. The Bertz CT molecular complexity index is 1230. The first-order valence-electron chi connectivity index (χ1n) is 11.9. The number of fused-ring (bicyclic) bond motifs is 4. The molecule has 1 atom stereocenters. The van der Waals surface area contributed by atoms with Crippen molar-refractivity contribution in [1.82, 2.24) is 14.4 Å². The van der Waals surface area contributed by atoms with Crippen LogP contribution in [0.5, 0.6) is 5.75 Å². The van der Waals surface area contributed by atoms with E-state index in [1.807, 2.05) is 36.2 Å². The Morgan fingerprint density at radius 1 is 1.21 bits per heavy atom. The summed E-state index contributed by atoms with van der Waals surface area (Å²) in [4.78, 5) is 16.2. The molecule has 3 heterocycles. The van der Waals surface area contributed by atoms with Crippen LogP contribution in [0.3, 0.4) is 0 Å². The maximum absolute atomic E-state index is 14.6. The Morgan fingerprint density at radius 3 is 2.59 bits per heavy atom. The molecule has 5 rings (SSSR count). The van der Waals surface area contributed by atoms with E-state index in [0.717, 1.165) is 29.8 Å². The van der Waals surface area contributed by atoms with Gasteiger partial charge in [0.15, 0.2) is 0 Å². The fourth-order valence-electron chi connectivity index (χ4n) is 6.13. The molecular formula is C27H32FN3O3. The van der Waals surface area contributed by atoms with Crippen molar-refractivity contribution >= 4 is 16.8 Å². The van der Waals surface area contributed by atoms with Gasteiger partial charge in [-0.05, 0) is 36.6 Å². The average Bonchev–Trinajstić information content (AvgIpc) is 3.14. The van der Waals surface area contributed by atoms with Crippen LogP contribution in [0.2, 0.25) is 0 Å². The maximum atomic E-state index is 14.6. The third kappa shape index (κ3) is 3.58. The molecule has 1 amide bonds. The minimum Gasteiger partial charge on any atom is -0.497 e. The highest BCUT2D eigenvalue weighted by Crippen LogP contribution is 2.50. The normalized spacial score (nSPS) is 20.0. The van der Waals surface area contributed by atoms with Crippen LogP contribution in [0.25, 0.3) is 10.9 Å². The van der Waals surface area contributed by atoms with Gasteiger partial charge in [0, 0.05) is 68.3 Å². The van der Waals surface area contributed by atoms with Gasteiger partial charge in [0.1, 0.15) is 11.6 Å². The van der Waals surface area contributed by atoms with Gasteiger partial charge in [-0.3, -0.25) is 9.69 Å². The second-order valence-electron chi connectivity index (χ2n) is 9.68. The molecule has 180 valence electrons. The van der Waals surface area contributed by atoms with E-state index in [2.05, 4.69) is 15.5 Å². The number of rotatable bonds is 4. The summed E-state index contributed by atoms with van der Waals surface area (Å²) in [5.74, 6) is 0.659. The summed E-state index contributed by atoms with van der Waals surface area (Å²) >= 11 is 0. The van der Waals surface area contributed by atoms with E-state index >= 15 is 0 Å². The molecule has 1 spiro atoms. The summed E-state index contributed by atoms with van der Waals surface area (Å²) in [6, 6.07) is 12.8. The molecule has 0 aliphatic carbocycles. The zero-order valence-corrected chi connectivity index (χ0v) is 20.1. The number of carbonyl (C=O) groups is 1. The fraction of sp³-hybridized carbons (Fsp3) is 0.444. The number of nitrogens with zero attached hydrogens (tertiary/aromatic N) is 3. The van der Waals surface area contributed by atoms with Gasteiger partial charge < -0.3 is 19.3 Å². The van der Waals surface area contributed by atoms with E-state index in [1.54, 1.807) is 20.1 Å². The molecule has 1 N–H and O–H groups in total. The number of hydrogen-bond donors (Lipinski definition) is 1. The molecular weight excluding hydrogens is 433 g/mol. The van der Waals surface area contributed by atoms with Gasteiger partial charge in [-0.2, -0.15) is 0 Å². The van der Waals surface area contributed by atoms with Gasteiger partial charge in [-0.25, -0.2) is 4.39 Å². The molecule has 7 heteroatoms. The number of likely N-dealkylation sites (tertiary alicyclic amines) is 1. The van der Waals surface area contributed by atoms with Crippen LogP contribution in [-0.2, 0) is 23.8 Å². The predicted octanol–water partition coefficient (Wildman–Crippen LogP) is 3.76. The number of piperidine rings is 1. The number of halogens is 1. The number of carbonyl (C=O) groups excluding carboxylic acids is 1. The summed E-state index contributed by atoms with van der Waals surface area (Å²) in [7, 11) is 3.70. The second kappa shape index (κ2) is 8.71. The van der Waals surface area contributed by atoms with E-state index in [9.17, 15) is 14.3 Å². The molecule has 3 aromatic rings. The van der Waals surface area contributed by atoms with Crippen molar-refractivity contribution in [2.45, 2.75) is 37.8 Å². The highest BCUT2D eigenvalue weighted by Gasteiger charge is 2.48. The average molecular weight is 466 g/mol. The van der Waals surface area contributed by atoms with E-state index in [-0.39, 0.29) is 29.8 Å². The largest absolute Gasteiger partial charge is 0.497 e. The van der Waals surface area contributed by atoms with Crippen molar-refractivity contribution in [2.24, 2.45) is 7.05 Å². The lowest BCUT2D eigenvalue weighted by atomic mass is 9.68. The van der Waals surface area contributed by atoms with Crippen LogP contribution in [-0.4, -0.2) is 58.7 Å². The Labute approximate surface area is 199 Å². The predicted molar refractivity (Wildman–Crippen MR) is 129 cm³/mol. The van der Waals surface area contributed by atoms with Crippen molar-refractivity contribution in [2.75, 3.05) is 33.4 Å². The zero-order valence-electron chi connectivity index (χ0n) is 20.1. The number of methoxy groups -OCH3 is 1. The van der Waals surface area contributed by atoms with Gasteiger partial charge in [0.05, 0.1) is 25.3 Å². The Morgan fingerprint density at radius 2 is 1.94 bits per heavy atom. The van der Waals surface area contributed by atoms with E-state index in [0.29, 0.717) is 31.7 Å². The first kappa shape index (κ1) is 22.9. The quantitative estimate of drug-likeness (QED) is 0.638. The number of ether oxygens (including phenoxy) is 1. The van der Waals surface area contributed by atoms with Crippen molar-refractivity contribution in [3.8, 4) is 5.75 Å². The SMILES string of the molecule is COc1ccc2c3c(n(C)c2c1)[C@H](CO)N(Cc1ccccc1F)CC31CCN(C(C)=O)CC1. The number of hydrogen-bond acceptors (Lipinski definition) is 4. The lowest BCUT2D eigenvalue weighted by molar-refractivity contribution is -0.130. The third-order valence-corrected chi connectivity index (χ3v) is 7.92. The first-order chi connectivity index (χ1) is 16.4. The minimum atomic E-state index is -0.255. The van der Waals surface area contributed by atoms with Gasteiger partial charge in [0.2, 0.25) is 5.91 Å². The first-order valence-corrected chi connectivity index (χ1v) is 11.9. The second-order valence-corrected chi connectivity index (χ2v) is 9.68. The Kier molecular flexibility index (Phi) is 5.86. The topological polar surface area (TPSA) is 57.9 Å². The molecule has 2 aromatic carbocycles. The summed E-state index contributed by atoms with van der Waals surface area (Å²) < 4.78 is 22.3. The molecule has 1 fully saturated rings. The van der Waals surface area contributed by atoms with Crippen molar-refractivity contribution in [3.05, 3.63) is 65.1 Å². The van der Waals surface area contributed by atoms with Crippen molar-refractivity contribution in [1.29, 1.82) is 0 Å². The Balaban J connectivity index is 1.67. The Hall–Kier alpha value is -2.90. The molecule has 0 saturated carbocycles. The van der Waals surface area contributed by atoms with Crippen LogP contribution in [0.4, 0.5) is 4.39 Å². The fourth-order valence-corrected chi connectivity index (χ4v) is 6.13. The summed E-state index contributed by atoms with van der Waals surface area (Å²) in [6.45, 7) is 4.08. The van der Waals surface area contributed by atoms with Crippen LogP contribution < -0.4 is 4.74 Å². The van der Waals surface area contributed by atoms with Gasteiger partial charge in [-0.1, -0.05) is 18.2 Å². The van der Waals surface area contributed by atoms with Crippen LogP contribution in [0, 0.1) is 5.82 Å². The molecule has 34 heavy (non-hydrogen) atoms. The molecule has 0 bridgehead atoms. The molecule has 2 aliphatic heterocycles. The monoisotopic (exact) mass is 465 g/mol. The lowest BCUT2D eigenvalue weighted by Crippen LogP contribution is -2.54. The molecule has 1 aromatic heterocycles. The van der Waals surface area contributed by atoms with E-state index in [4.69, 9.17) is 4.74 Å². The summed E-state index contributed by atoms with van der Waals surface area (Å²) in [5.41, 5.74) is 3.83. The standard InChI is InChI=1S/C27H32FN3O3/c1-18(33)30-12-10-27(11-13-30)17-31(15-19-6-4-5-7-22(19)28)24(16-32)26-25(27)21-9-8-20(34-3)14-23(21)29(26)2/h4-9,14,24,32H,10-13,15-17H2,1-3H3/t24-/m0/s1. The van der Waals surface area contributed by atoms with Crippen molar-refractivity contribution in [3.63, 3.8) is 0 Å². The highest BCUT2D eigenvalue weighted by atomic mass is 19.1. The van der Waals surface area contributed by atoms with Crippen LogP contribution in [0.15, 0.2) is 42.5 Å². The molecule has 1 saturated heterocycles. The molecule has 2 aliphatic rings. The smallest absolute Gasteiger partial charge is 0.219 e. The number of aryl methyl sites for hydroxylation is 1.